The minimum Gasteiger partial charge on any atom is -0.462 e. The van der Waals surface area contributed by atoms with Gasteiger partial charge in [0.2, 0.25) is 5.91 Å². The second-order valence-corrected chi connectivity index (χ2v) is 11.9. The third-order valence-corrected chi connectivity index (χ3v) is 8.82. The smallest absolute Gasteiger partial charge is 0.346 e. The Hall–Kier alpha value is -2.10. The third kappa shape index (κ3) is 5.37. The van der Waals surface area contributed by atoms with Gasteiger partial charge in [-0.05, 0) is 52.7 Å². The number of benzene rings is 1. The summed E-state index contributed by atoms with van der Waals surface area (Å²) in [6.45, 7) is 13.7. The number of amides is 1. The van der Waals surface area contributed by atoms with E-state index in [0.717, 1.165) is 22.4 Å². The first-order chi connectivity index (χ1) is 16.4. The Morgan fingerprint density at radius 1 is 1.03 bits per heavy atom. The van der Waals surface area contributed by atoms with Gasteiger partial charge in [0.05, 0.1) is 33.5 Å². The monoisotopic (exact) mass is 533 g/mol. The number of anilines is 1. The summed E-state index contributed by atoms with van der Waals surface area (Å²) in [5.41, 5.74) is 2.57. The number of fused-ring (bicyclic) bond motifs is 1. The lowest BCUT2D eigenvalue weighted by Crippen LogP contribution is -2.56. The van der Waals surface area contributed by atoms with E-state index in [9.17, 15) is 14.4 Å². The van der Waals surface area contributed by atoms with E-state index in [0.29, 0.717) is 15.5 Å². The Kier molecular flexibility index (Phi) is 8.55. The summed E-state index contributed by atoms with van der Waals surface area (Å²) in [6.07, 6.45) is 0.399. The van der Waals surface area contributed by atoms with Crippen LogP contribution in [0.25, 0.3) is 5.57 Å². The van der Waals surface area contributed by atoms with Crippen LogP contribution in [0, 0.1) is 12.8 Å². The fourth-order valence-electron chi connectivity index (χ4n) is 4.03. The molecule has 0 spiro atoms. The van der Waals surface area contributed by atoms with Crippen LogP contribution in [0.1, 0.15) is 59.1 Å². The number of nitrogens with zero attached hydrogens (tertiary/aromatic N) is 1. The number of rotatable bonds is 6. The Morgan fingerprint density at radius 2 is 1.57 bits per heavy atom. The third-order valence-electron chi connectivity index (χ3n) is 5.56. The van der Waals surface area contributed by atoms with Gasteiger partial charge in [-0.15, -0.1) is 0 Å². The normalized spacial score (nSPS) is 17.1. The van der Waals surface area contributed by atoms with E-state index in [1.165, 1.54) is 23.5 Å². The predicted octanol–water partition coefficient (Wildman–Crippen LogP) is 6.02. The Morgan fingerprint density at radius 3 is 2.06 bits per heavy atom. The van der Waals surface area contributed by atoms with Crippen LogP contribution in [0.4, 0.5) is 5.69 Å². The van der Waals surface area contributed by atoms with Gasteiger partial charge in [-0.3, -0.25) is 4.79 Å². The van der Waals surface area contributed by atoms with Crippen molar-refractivity contribution in [1.82, 2.24) is 0 Å². The summed E-state index contributed by atoms with van der Waals surface area (Å²) in [5, 5.41) is 0. The maximum absolute atomic E-state index is 13.4. The minimum atomic E-state index is -0.788. The van der Waals surface area contributed by atoms with Crippen LogP contribution in [0.15, 0.2) is 32.2 Å². The number of hydrogen-bond acceptors (Lipinski definition) is 8. The van der Waals surface area contributed by atoms with Crippen molar-refractivity contribution in [2.45, 2.75) is 60.4 Å². The van der Waals surface area contributed by atoms with Gasteiger partial charge in [-0.25, -0.2) is 9.59 Å². The van der Waals surface area contributed by atoms with Gasteiger partial charge < -0.3 is 14.4 Å². The molecule has 0 aromatic heterocycles. The number of carbonyl (C=O) groups is 3. The lowest BCUT2D eigenvalue weighted by molar-refractivity contribution is -0.140. The van der Waals surface area contributed by atoms with Gasteiger partial charge in [-0.1, -0.05) is 61.2 Å². The number of ether oxygens (including phenoxy) is 2. The average Bonchev–Trinajstić information content (AvgIpc) is 3.20. The van der Waals surface area contributed by atoms with Gasteiger partial charge in [0, 0.05) is 17.6 Å². The van der Waals surface area contributed by atoms with E-state index < -0.39 is 17.5 Å². The van der Waals surface area contributed by atoms with Crippen LogP contribution in [0.2, 0.25) is 0 Å². The van der Waals surface area contributed by atoms with Crippen LogP contribution in [0.5, 0.6) is 0 Å². The van der Waals surface area contributed by atoms with Gasteiger partial charge in [-0.2, -0.15) is 0 Å². The Balaban J connectivity index is 2.20. The molecule has 0 saturated heterocycles. The van der Waals surface area contributed by atoms with Crippen LogP contribution in [-0.4, -0.2) is 41.5 Å². The molecule has 2 aliphatic heterocycles. The number of thioether (sulfide) groups is 2. The summed E-state index contributed by atoms with van der Waals surface area (Å²) in [5.74, 6) is -0.929. The van der Waals surface area contributed by atoms with Crippen LogP contribution in [-0.2, 0) is 23.9 Å². The minimum absolute atomic E-state index is 0.00535. The standard InChI is InChI=1S/C26H31NO5S3/c1-8-31-23(29)20-21(24(30)32-9-2)35-25(34-20)19-16-13-15(5)10-11-17(16)27(18(28)12-14(3)4)26(6,7)22(19)33/h10-11,13-14H,8-9,12H2,1-7H3. The lowest BCUT2D eigenvalue weighted by Gasteiger charge is -2.45. The molecule has 9 heteroatoms. The molecule has 2 aliphatic rings. The molecule has 0 N–H and O–H groups in total. The fourth-order valence-corrected chi connectivity index (χ4v) is 7.01. The maximum Gasteiger partial charge on any atom is 0.346 e. The number of thiocarbonyl (C=S) groups is 1. The molecule has 0 radical (unpaired) electrons. The number of aryl methyl sites for hydroxylation is 1. The quantitative estimate of drug-likeness (QED) is 0.250. The van der Waals surface area contributed by atoms with Crippen LogP contribution >= 0.6 is 35.7 Å². The zero-order valence-corrected chi connectivity index (χ0v) is 23.6. The predicted molar refractivity (Wildman–Crippen MR) is 147 cm³/mol. The van der Waals surface area contributed by atoms with Crippen molar-refractivity contribution in [3.05, 3.63) is 43.4 Å². The molecule has 0 aliphatic carbocycles. The van der Waals surface area contributed by atoms with Crippen molar-refractivity contribution < 1.29 is 23.9 Å². The van der Waals surface area contributed by atoms with Gasteiger partial charge in [0.1, 0.15) is 9.81 Å². The molecule has 35 heavy (non-hydrogen) atoms. The first-order valence-corrected chi connectivity index (χ1v) is 13.6. The number of hydrogen-bond donors (Lipinski definition) is 0. The topological polar surface area (TPSA) is 72.9 Å². The zero-order valence-electron chi connectivity index (χ0n) is 21.1. The van der Waals surface area contributed by atoms with Gasteiger partial charge in [0.25, 0.3) is 0 Å². The molecule has 1 amide bonds. The summed E-state index contributed by atoms with van der Waals surface area (Å²) in [4.78, 5) is 41.6. The van der Waals surface area contributed by atoms with Gasteiger partial charge in [0.15, 0.2) is 0 Å². The highest BCUT2D eigenvalue weighted by atomic mass is 32.2. The highest BCUT2D eigenvalue weighted by molar-refractivity contribution is 8.29. The molecule has 1 aromatic rings. The molecule has 2 heterocycles. The summed E-state index contributed by atoms with van der Waals surface area (Å²) < 4.78 is 11.1. The average molecular weight is 534 g/mol. The van der Waals surface area contributed by atoms with E-state index in [1.807, 2.05) is 52.8 Å². The summed E-state index contributed by atoms with van der Waals surface area (Å²) in [7, 11) is 0. The molecule has 188 valence electrons. The SMILES string of the molecule is CCOC(=O)C1=C(C(=O)OCC)SC(=C2C(=S)C(C)(C)N(C(=O)CC(C)C)c3ccc(C)cc32)S1. The van der Waals surface area contributed by atoms with E-state index in [2.05, 4.69) is 0 Å². The van der Waals surface area contributed by atoms with E-state index >= 15 is 0 Å². The first-order valence-electron chi connectivity index (χ1n) is 11.6. The molecular weight excluding hydrogens is 502 g/mol. The molecular formula is C26H31NO5S3. The molecule has 0 atom stereocenters. The lowest BCUT2D eigenvalue weighted by atomic mass is 9.82. The molecule has 6 nitrogen and oxygen atoms in total. The highest BCUT2D eigenvalue weighted by Crippen LogP contribution is 2.56. The van der Waals surface area contributed by atoms with Crippen molar-refractivity contribution in [2.75, 3.05) is 18.1 Å². The number of esters is 2. The van der Waals surface area contributed by atoms with Crippen molar-refractivity contribution in [1.29, 1.82) is 0 Å². The molecule has 0 unspecified atom stereocenters. The Bertz CT molecular complexity index is 1120. The maximum atomic E-state index is 13.4. The van der Waals surface area contributed by atoms with E-state index in [4.69, 9.17) is 21.7 Å². The highest BCUT2D eigenvalue weighted by Gasteiger charge is 2.46. The zero-order chi connectivity index (χ0) is 26.1. The molecule has 1 aromatic carbocycles. The van der Waals surface area contributed by atoms with Crippen LogP contribution < -0.4 is 4.90 Å². The molecule has 0 saturated carbocycles. The number of carbonyl (C=O) groups excluding carboxylic acids is 3. The van der Waals surface area contributed by atoms with Crippen molar-refractivity contribution in [3.8, 4) is 0 Å². The second-order valence-electron chi connectivity index (χ2n) is 9.20. The summed E-state index contributed by atoms with van der Waals surface area (Å²) >= 11 is 8.37. The van der Waals surface area contributed by atoms with E-state index in [1.54, 1.807) is 18.7 Å². The van der Waals surface area contributed by atoms with Crippen molar-refractivity contribution in [3.63, 3.8) is 0 Å². The Labute approximate surface area is 220 Å². The van der Waals surface area contributed by atoms with Crippen molar-refractivity contribution in [2.24, 2.45) is 5.92 Å². The fraction of sp³-hybridized carbons (Fsp3) is 0.462. The van der Waals surface area contributed by atoms with Gasteiger partial charge >= 0.3 is 11.9 Å². The van der Waals surface area contributed by atoms with Crippen molar-refractivity contribution >= 4 is 69.7 Å². The molecule has 0 fully saturated rings. The molecule has 3 rings (SSSR count). The first kappa shape index (κ1) is 27.5. The van der Waals surface area contributed by atoms with Crippen LogP contribution in [0.3, 0.4) is 0 Å². The second kappa shape index (κ2) is 10.9. The van der Waals surface area contributed by atoms with E-state index in [-0.39, 0.29) is 34.8 Å². The largest absolute Gasteiger partial charge is 0.462 e. The summed E-state index contributed by atoms with van der Waals surface area (Å²) in [6, 6.07) is 5.92. The molecule has 0 bridgehead atoms.